The molecule has 0 atom stereocenters. The van der Waals surface area contributed by atoms with E-state index in [4.69, 9.17) is 15.3 Å². The SMILES string of the molecule is COc1ccc(C)cc1NS(=O)(=O)c1ccc(NN=C(C#N)C#N)cc1. The van der Waals surface area contributed by atoms with E-state index >= 15 is 0 Å². The fraction of sp³-hybridized carbons (Fsp3) is 0.118. The summed E-state index contributed by atoms with van der Waals surface area (Å²) >= 11 is 0. The van der Waals surface area contributed by atoms with Crippen LogP contribution in [0.5, 0.6) is 5.75 Å². The Morgan fingerprint density at radius 2 is 1.77 bits per heavy atom. The van der Waals surface area contributed by atoms with Gasteiger partial charge < -0.3 is 4.74 Å². The predicted molar refractivity (Wildman–Crippen MR) is 97.3 cm³/mol. The number of nitrogens with one attached hydrogen (secondary N) is 2. The van der Waals surface area contributed by atoms with Crippen LogP contribution in [0.4, 0.5) is 11.4 Å². The van der Waals surface area contributed by atoms with Crippen LogP contribution in [0.25, 0.3) is 0 Å². The molecular formula is C17H15N5O3S. The van der Waals surface area contributed by atoms with Crippen LogP contribution in [0.1, 0.15) is 5.56 Å². The molecular weight excluding hydrogens is 354 g/mol. The van der Waals surface area contributed by atoms with Crippen molar-refractivity contribution in [2.45, 2.75) is 11.8 Å². The molecule has 2 aromatic rings. The third-order valence-electron chi connectivity index (χ3n) is 3.27. The van der Waals surface area contributed by atoms with Crippen LogP contribution in [0.2, 0.25) is 0 Å². The van der Waals surface area contributed by atoms with E-state index in [1.54, 1.807) is 24.3 Å². The molecule has 0 saturated heterocycles. The Bertz CT molecular complexity index is 1000. The summed E-state index contributed by atoms with van der Waals surface area (Å²) in [6.07, 6.45) is 0. The number of hydrogen-bond donors (Lipinski definition) is 2. The molecule has 0 bridgehead atoms. The molecule has 0 radical (unpaired) electrons. The second-order valence-corrected chi connectivity index (χ2v) is 6.81. The highest BCUT2D eigenvalue weighted by atomic mass is 32.2. The standard InChI is InChI=1S/C17H15N5O3S/c1-12-3-8-17(25-2)16(9-12)22-26(23,24)15-6-4-13(5-7-15)20-21-14(10-18)11-19/h3-9,20,22H,1-2H3. The van der Waals surface area contributed by atoms with Gasteiger partial charge in [0.25, 0.3) is 10.0 Å². The van der Waals surface area contributed by atoms with E-state index in [0.29, 0.717) is 17.1 Å². The van der Waals surface area contributed by atoms with E-state index in [9.17, 15) is 8.42 Å². The number of rotatable bonds is 6. The van der Waals surface area contributed by atoms with E-state index in [1.165, 1.54) is 31.4 Å². The minimum atomic E-state index is -3.82. The highest BCUT2D eigenvalue weighted by Crippen LogP contribution is 2.28. The van der Waals surface area contributed by atoms with Crippen LogP contribution in [0.15, 0.2) is 52.5 Å². The van der Waals surface area contributed by atoms with Crippen LogP contribution in [-0.2, 0) is 10.0 Å². The van der Waals surface area contributed by atoms with E-state index in [0.717, 1.165) is 5.56 Å². The van der Waals surface area contributed by atoms with Gasteiger partial charge in [0.1, 0.15) is 17.9 Å². The minimum Gasteiger partial charge on any atom is -0.495 e. The summed E-state index contributed by atoms with van der Waals surface area (Å²) in [5, 5.41) is 20.8. The molecule has 0 amide bonds. The number of hydrogen-bond acceptors (Lipinski definition) is 7. The summed E-state index contributed by atoms with van der Waals surface area (Å²) in [5.74, 6) is 0.410. The van der Waals surface area contributed by atoms with E-state index in [-0.39, 0.29) is 10.6 Å². The van der Waals surface area contributed by atoms with Gasteiger partial charge in [-0.25, -0.2) is 8.42 Å². The number of nitriles is 2. The minimum absolute atomic E-state index is 0.0383. The van der Waals surface area contributed by atoms with Crippen molar-refractivity contribution < 1.29 is 13.2 Å². The molecule has 0 heterocycles. The second-order valence-electron chi connectivity index (χ2n) is 5.13. The maximum Gasteiger partial charge on any atom is 0.262 e. The number of aryl methyl sites for hydroxylation is 1. The lowest BCUT2D eigenvalue weighted by atomic mass is 10.2. The molecule has 0 aliphatic rings. The molecule has 0 aromatic heterocycles. The van der Waals surface area contributed by atoms with Crippen molar-refractivity contribution in [3.8, 4) is 17.9 Å². The number of methoxy groups -OCH3 is 1. The Kier molecular flexibility index (Phi) is 5.78. The first-order valence-electron chi connectivity index (χ1n) is 7.31. The van der Waals surface area contributed by atoms with Gasteiger partial charge in [-0.3, -0.25) is 10.1 Å². The highest BCUT2D eigenvalue weighted by Gasteiger charge is 2.16. The Labute approximate surface area is 151 Å². The molecule has 9 heteroatoms. The monoisotopic (exact) mass is 369 g/mol. The lowest BCUT2D eigenvalue weighted by molar-refractivity contribution is 0.417. The van der Waals surface area contributed by atoms with Crippen LogP contribution in [0, 0.1) is 29.6 Å². The summed E-state index contributed by atoms with van der Waals surface area (Å²) < 4.78 is 32.8. The first-order valence-corrected chi connectivity index (χ1v) is 8.79. The molecule has 2 aromatic carbocycles. The lowest BCUT2D eigenvalue weighted by Crippen LogP contribution is -2.13. The smallest absolute Gasteiger partial charge is 0.262 e. The van der Waals surface area contributed by atoms with E-state index in [2.05, 4.69) is 15.2 Å². The molecule has 0 aliphatic heterocycles. The van der Waals surface area contributed by atoms with Gasteiger partial charge in [0, 0.05) is 0 Å². The topological polar surface area (TPSA) is 127 Å². The maximum absolute atomic E-state index is 12.6. The molecule has 0 aliphatic carbocycles. The van der Waals surface area contributed by atoms with Crippen molar-refractivity contribution in [2.24, 2.45) is 5.10 Å². The van der Waals surface area contributed by atoms with Gasteiger partial charge in [-0.1, -0.05) is 6.07 Å². The zero-order valence-corrected chi connectivity index (χ0v) is 14.8. The first kappa shape index (κ1) is 18.8. The van der Waals surface area contributed by atoms with Crippen molar-refractivity contribution in [3.63, 3.8) is 0 Å². The predicted octanol–water partition coefficient (Wildman–Crippen LogP) is 2.62. The molecule has 0 saturated carbocycles. The summed E-state index contributed by atoms with van der Waals surface area (Å²) in [4.78, 5) is 0.0383. The van der Waals surface area contributed by atoms with Crippen molar-refractivity contribution in [1.82, 2.24) is 0 Å². The molecule has 132 valence electrons. The first-order chi connectivity index (χ1) is 12.4. The Morgan fingerprint density at radius 3 is 2.35 bits per heavy atom. The van der Waals surface area contributed by atoms with Crippen LogP contribution < -0.4 is 14.9 Å². The molecule has 26 heavy (non-hydrogen) atoms. The normalized spacial score (nSPS) is 10.2. The zero-order chi connectivity index (χ0) is 19.2. The summed E-state index contributed by atoms with van der Waals surface area (Å²) in [6.45, 7) is 1.84. The number of benzene rings is 2. The third kappa shape index (κ3) is 4.50. The van der Waals surface area contributed by atoms with Gasteiger partial charge in [-0.15, -0.1) is 0 Å². The number of ether oxygens (including phenoxy) is 1. The molecule has 8 nitrogen and oxygen atoms in total. The Morgan fingerprint density at radius 1 is 1.12 bits per heavy atom. The number of anilines is 2. The Balaban J connectivity index is 2.23. The summed E-state index contributed by atoms with van der Waals surface area (Å²) in [7, 11) is -2.36. The molecule has 2 N–H and O–H groups in total. The average molecular weight is 369 g/mol. The zero-order valence-electron chi connectivity index (χ0n) is 14.0. The number of sulfonamides is 1. The van der Waals surface area contributed by atoms with Crippen molar-refractivity contribution in [3.05, 3.63) is 48.0 Å². The van der Waals surface area contributed by atoms with Gasteiger partial charge in [-0.05, 0) is 48.9 Å². The van der Waals surface area contributed by atoms with Crippen molar-refractivity contribution in [2.75, 3.05) is 17.3 Å². The fourth-order valence-corrected chi connectivity index (χ4v) is 3.07. The van der Waals surface area contributed by atoms with Crippen LogP contribution in [-0.4, -0.2) is 21.2 Å². The third-order valence-corrected chi connectivity index (χ3v) is 4.65. The van der Waals surface area contributed by atoms with Crippen molar-refractivity contribution in [1.29, 1.82) is 10.5 Å². The highest BCUT2D eigenvalue weighted by molar-refractivity contribution is 7.92. The van der Waals surface area contributed by atoms with Crippen LogP contribution >= 0.6 is 0 Å². The summed E-state index contributed by atoms with van der Waals surface area (Å²) in [6, 6.07) is 14.1. The van der Waals surface area contributed by atoms with Gasteiger partial charge >= 0.3 is 0 Å². The largest absolute Gasteiger partial charge is 0.495 e. The fourth-order valence-electron chi connectivity index (χ4n) is 2.01. The molecule has 0 spiro atoms. The molecule has 2 rings (SSSR count). The van der Waals surface area contributed by atoms with Gasteiger partial charge in [0.05, 0.1) is 23.4 Å². The number of nitrogens with zero attached hydrogens (tertiary/aromatic N) is 3. The van der Waals surface area contributed by atoms with Crippen molar-refractivity contribution >= 4 is 27.1 Å². The molecule has 0 fully saturated rings. The lowest BCUT2D eigenvalue weighted by Gasteiger charge is -2.13. The van der Waals surface area contributed by atoms with Gasteiger partial charge in [0.15, 0.2) is 0 Å². The Hall–Kier alpha value is -3.56. The average Bonchev–Trinajstić information content (AvgIpc) is 2.63. The van der Waals surface area contributed by atoms with Crippen LogP contribution in [0.3, 0.4) is 0 Å². The van der Waals surface area contributed by atoms with Gasteiger partial charge in [0.2, 0.25) is 5.71 Å². The van der Waals surface area contributed by atoms with E-state index in [1.807, 2.05) is 13.0 Å². The van der Waals surface area contributed by atoms with Gasteiger partial charge in [-0.2, -0.15) is 15.6 Å². The maximum atomic E-state index is 12.6. The second kappa shape index (κ2) is 8.01. The van der Waals surface area contributed by atoms with E-state index < -0.39 is 10.0 Å². The number of hydrazone groups is 1. The quantitative estimate of drug-likeness (QED) is 0.595. The molecule has 0 unspecified atom stereocenters. The summed E-state index contributed by atoms with van der Waals surface area (Å²) in [5.41, 5.74) is 3.82.